The van der Waals surface area contributed by atoms with Crippen LogP contribution in [0.3, 0.4) is 0 Å². The fraction of sp³-hybridized carbons (Fsp3) is 0.667. The van der Waals surface area contributed by atoms with Crippen molar-refractivity contribution in [2.24, 2.45) is 5.92 Å². The van der Waals surface area contributed by atoms with Crippen molar-refractivity contribution in [2.45, 2.75) is 50.5 Å². The molecule has 0 spiro atoms. The van der Waals surface area contributed by atoms with Crippen LogP contribution in [-0.4, -0.2) is 37.3 Å². The zero-order valence-electron chi connectivity index (χ0n) is 13.0. The minimum absolute atomic E-state index is 0.0911. The van der Waals surface area contributed by atoms with Gasteiger partial charge in [-0.05, 0) is 37.8 Å². The van der Waals surface area contributed by atoms with Gasteiger partial charge in [-0.3, -0.25) is 0 Å². The Morgan fingerprint density at radius 2 is 2.19 bits per heavy atom. The Morgan fingerprint density at radius 1 is 1.43 bits per heavy atom. The maximum Gasteiger partial charge on any atom is 0.246 e. The molecular weight excluding hydrogens is 286 g/mol. The Hall–Kier alpha value is -1.14. The second-order valence-electron chi connectivity index (χ2n) is 5.83. The van der Waals surface area contributed by atoms with Crippen LogP contribution in [0, 0.1) is 5.92 Å². The van der Waals surface area contributed by atoms with E-state index in [0.29, 0.717) is 18.3 Å². The molecule has 1 aliphatic rings. The van der Waals surface area contributed by atoms with Crippen molar-refractivity contribution in [2.75, 3.05) is 18.9 Å². The summed E-state index contributed by atoms with van der Waals surface area (Å²) in [4.78, 5) is 4.43. The Kier molecular flexibility index (Phi) is 5.22. The first-order valence-electron chi connectivity index (χ1n) is 7.63. The number of pyridine rings is 1. The molecule has 1 aromatic heterocycles. The number of anilines is 1. The highest BCUT2D eigenvalue weighted by molar-refractivity contribution is 7.89. The van der Waals surface area contributed by atoms with E-state index in [2.05, 4.69) is 17.2 Å². The summed E-state index contributed by atoms with van der Waals surface area (Å²) in [7, 11) is -1.81. The van der Waals surface area contributed by atoms with Gasteiger partial charge in [0, 0.05) is 25.8 Å². The Labute approximate surface area is 127 Å². The molecule has 1 fully saturated rings. The van der Waals surface area contributed by atoms with Crippen molar-refractivity contribution in [3.05, 3.63) is 18.3 Å². The maximum absolute atomic E-state index is 12.9. The molecule has 6 heteroatoms. The largest absolute Gasteiger partial charge is 0.369 e. The number of nitrogens with one attached hydrogen (secondary N) is 1. The zero-order chi connectivity index (χ0) is 15.5. The third kappa shape index (κ3) is 3.55. The average Bonchev–Trinajstić information content (AvgIpc) is 2.47. The number of nitrogens with zero attached hydrogens (tertiary/aromatic N) is 2. The molecule has 1 saturated carbocycles. The fourth-order valence-corrected chi connectivity index (χ4v) is 4.50. The van der Waals surface area contributed by atoms with Crippen LogP contribution in [0.2, 0.25) is 0 Å². The summed E-state index contributed by atoms with van der Waals surface area (Å²) in [5.41, 5.74) is 0. The molecule has 5 nitrogen and oxygen atoms in total. The van der Waals surface area contributed by atoms with Crippen molar-refractivity contribution in [1.29, 1.82) is 0 Å². The highest BCUT2D eigenvalue weighted by Gasteiger charge is 2.32. The molecule has 118 valence electrons. The second-order valence-corrected chi connectivity index (χ2v) is 7.79. The number of sulfonamides is 1. The summed E-state index contributed by atoms with van der Waals surface area (Å²) < 4.78 is 27.3. The van der Waals surface area contributed by atoms with Crippen molar-refractivity contribution < 1.29 is 8.42 Å². The van der Waals surface area contributed by atoms with Gasteiger partial charge in [0.15, 0.2) is 0 Å². The highest BCUT2D eigenvalue weighted by Crippen LogP contribution is 2.31. The van der Waals surface area contributed by atoms with E-state index < -0.39 is 10.0 Å². The van der Waals surface area contributed by atoms with Crippen LogP contribution in [-0.2, 0) is 10.0 Å². The molecule has 1 aromatic rings. The predicted molar refractivity (Wildman–Crippen MR) is 84.8 cm³/mol. The first-order chi connectivity index (χ1) is 9.96. The normalized spacial score (nSPS) is 23.2. The van der Waals surface area contributed by atoms with Gasteiger partial charge >= 0.3 is 0 Å². The molecule has 0 saturated heterocycles. The number of hydrogen-bond donors (Lipinski definition) is 1. The van der Waals surface area contributed by atoms with E-state index in [-0.39, 0.29) is 10.9 Å². The molecule has 2 atom stereocenters. The summed E-state index contributed by atoms with van der Waals surface area (Å²) in [6, 6.07) is 3.39. The lowest BCUT2D eigenvalue weighted by molar-refractivity contribution is 0.239. The van der Waals surface area contributed by atoms with E-state index in [4.69, 9.17) is 0 Å². The van der Waals surface area contributed by atoms with Crippen molar-refractivity contribution >= 4 is 15.8 Å². The quantitative estimate of drug-likeness (QED) is 0.908. The minimum atomic E-state index is -3.51. The van der Waals surface area contributed by atoms with Gasteiger partial charge in [-0.15, -0.1) is 0 Å². The molecule has 0 aliphatic heterocycles. The predicted octanol–water partition coefficient (Wildman–Crippen LogP) is 2.71. The molecule has 2 unspecified atom stereocenters. The summed E-state index contributed by atoms with van der Waals surface area (Å²) in [6.07, 6.45) is 5.78. The molecule has 0 aromatic carbocycles. The number of rotatable bonds is 5. The average molecular weight is 311 g/mol. The Bertz CT molecular complexity index is 574. The van der Waals surface area contributed by atoms with E-state index in [1.54, 1.807) is 29.7 Å². The smallest absolute Gasteiger partial charge is 0.246 e. The standard InChI is InChI=1S/C15H25N3O2S/c1-4-16-15-14(9-6-10-17-15)21(19,20)18(3)13-8-5-7-12(2)11-13/h6,9-10,12-13H,4-5,7-8,11H2,1-3H3,(H,16,17). The van der Waals surface area contributed by atoms with Gasteiger partial charge in [0.05, 0.1) is 0 Å². The van der Waals surface area contributed by atoms with Crippen LogP contribution < -0.4 is 5.32 Å². The molecule has 0 radical (unpaired) electrons. The third-order valence-corrected chi connectivity index (χ3v) is 6.14. The molecule has 21 heavy (non-hydrogen) atoms. The minimum Gasteiger partial charge on any atom is -0.369 e. The van der Waals surface area contributed by atoms with E-state index in [1.807, 2.05) is 6.92 Å². The summed E-state index contributed by atoms with van der Waals surface area (Å²) in [5.74, 6) is 1.03. The molecule has 1 N–H and O–H groups in total. The highest BCUT2D eigenvalue weighted by atomic mass is 32.2. The van der Waals surface area contributed by atoms with Gasteiger partial charge in [-0.1, -0.05) is 19.8 Å². The number of hydrogen-bond acceptors (Lipinski definition) is 4. The maximum atomic E-state index is 12.9. The van der Waals surface area contributed by atoms with Gasteiger partial charge in [-0.2, -0.15) is 4.31 Å². The van der Waals surface area contributed by atoms with Crippen LogP contribution >= 0.6 is 0 Å². The number of aromatic nitrogens is 1. The third-order valence-electron chi connectivity index (χ3n) is 4.19. The van der Waals surface area contributed by atoms with Gasteiger partial charge in [0.1, 0.15) is 10.7 Å². The van der Waals surface area contributed by atoms with Crippen LogP contribution in [0.4, 0.5) is 5.82 Å². The van der Waals surface area contributed by atoms with Gasteiger partial charge in [0.25, 0.3) is 0 Å². The van der Waals surface area contributed by atoms with E-state index in [9.17, 15) is 8.42 Å². The van der Waals surface area contributed by atoms with Crippen LogP contribution in [0.25, 0.3) is 0 Å². The summed E-state index contributed by atoms with van der Waals surface area (Å²) >= 11 is 0. The van der Waals surface area contributed by atoms with Crippen LogP contribution in [0.5, 0.6) is 0 Å². The molecule has 0 bridgehead atoms. The first kappa shape index (κ1) is 16.2. The Morgan fingerprint density at radius 3 is 2.86 bits per heavy atom. The van der Waals surface area contributed by atoms with Gasteiger partial charge in [0.2, 0.25) is 10.0 Å². The molecule has 2 rings (SSSR count). The van der Waals surface area contributed by atoms with Crippen LogP contribution in [0.1, 0.15) is 39.5 Å². The topological polar surface area (TPSA) is 62.3 Å². The summed E-state index contributed by atoms with van der Waals surface area (Å²) in [5, 5.41) is 3.03. The fourth-order valence-electron chi connectivity index (χ4n) is 2.98. The van der Waals surface area contributed by atoms with Crippen LogP contribution in [0.15, 0.2) is 23.2 Å². The molecule has 1 aliphatic carbocycles. The van der Waals surface area contributed by atoms with Crippen molar-refractivity contribution in [3.8, 4) is 0 Å². The van der Waals surface area contributed by atoms with E-state index in [0.717, 1.165) is 19.3 Å². The van der Waals surface area contributed by atoms with E-state index >= 15 is 0 Å². The lowest BCUT2D eigenvalue weighted by Gasteiger charge is -2.33. The van der Waals surface area contributed by atoms with Crippen molar-refractivity contribution in [3.63, 3.8) is 0 Å². The summed E-state index contributed by atoms with van der Waals surface area (Å²) in [6.45, 7) is 4.77. The monoisotopic (exact) mass is 311 g/mol. The van der Waals surface area contributed by atoms with E-state index in [1.165, 1.54) is 6.42 Å². The first-order valence-corrected chi connectivity index (χ1v) is 9.07. The molecular formula is C15H25N3O2S. The zero-order valence-corrected chi connectivity index (χ0v) is 13.9. The molecule has 1 heterocycles. The second kappa shape index (κ2) is 6.75. The Balaban J connectivity index is 2.28. The lowest BCUT2D eigenvalue weighted by atomic mass is 9.87. The lowest BCUT2D eigenvalue weighted by Crippen LogP contribution is -2.40. The molecule has 0 amide bonds. The van der Waals surface area contributed by atoms with Gasteiger partial charge in [-0.25, -0.2) is 13.4 Å². The van der Waals surface area contributed by atoms with Crippen molar-refractivity contribution in [1.82, 2.24) is 9.29 Å². The SMILES string of the molecule is CCNc1ncccc1S(=O)(=O)N(C)C1CCCC(C)C1. The van der Waals surface area contributed by atoms with Gasteiger partial charge < -0.3 is 5.32 Å².